The highest BCUT2D eigenvalue weighted by atomic mass is 35.5. The van der Waals surface area contributed by atoms with Gasteiger partial charge in [0.2, 0.25) is 5.84 Å². The Bertz CT molecular complexity index is 1080. The van der Waals surface area contributed by atoms with Crippen molar-refractivity contribution in [3.8, 4) is 0 Å². The van der Waals surface area contributed by atoms with E-state index >= 15 is 0 Å². The van der Waals surface area contributed by atoms with Gasteiger partial charge >= 0.3 is 16.2 Å². The first-order chi connectivity index (χ1) is 13.0. The van der Waals surface area contributed by atoms with Crippen LogP contribution in [0.25, 0.3) is 0 Å². The van der Waals surface area contributed by atoms with Crippen LogP contribution < -0.4 is 0 Å². The Morgan fingerprint density at radius 2 is 1.79 bits per heavy atom. The lowest BCUT2D eigenvalue weighted by Crippen LogP contribution is -2.49. The van der Waals surface area contributed by atoms with Gasteiger partial charge in [0.1, 0.15) is 23.3 Å². The minimum atomic E-state index is -4.60. The summed E-state index contributed by atoms with van der Waals surface area (Å²) >= 11 is 6.01. The van der Waals surface area contributed by atoms with E-state index in [0.717, 1.165) is 11.6 Å². The molecule has 0 fully saturated rings. The quantitative estimate of drug-likeness (QED) is 0.662. The molecule has 2 heterocycles. The van der Waals surface area contributed by atoms with E-state index < -0.39 is 25.7 Å². The van der Waals surface area contributed by atoms with Crippen molar-refractivity contribution in [1.29, 1.82) is 0 Å². The van der Waals surface area contributed by atoms with Gasteiger partial charge in [0.05, 0.1) is 16.8 Å². The number of pyridine rings is 1. The van der Waals surface area contributed by atoms with E-state index in [2.05, 4.69) is 9.98 Å². The molecule has 1 aliphatic heterocycles. The maximum Gasteiger partial charge on any atom is 0.417 e. The molecular weight excluding hydrogens is 415 g/mol. The number of alkyl halides is 3. The van der Waals surface area contributed by atoms with Gasteiger partial charge in [-0.25, -0.2) is 4.99 Å². The monoisotopic (exact) mass is 430 g/mol. The first-order valence-electron chi connectivity index (χ1n) is 8.11. The van der Waals surface area contributed by atoms with Crippen molar-refractivity contribution in [2.75, 3.05) is 0 Å². The fraction of sp³-hybridized carbons (Fsp3) is 0.222. The fourth-order valence-electron chi connectivity index (χ4n) is 2.82. The summed E-state index contributed by atoms with van der Waals surface area (Å²) in [5.74, 6) is 0.235. The van der Waals surface area contributed by atoms with Gasteiger partial charge < -0.3 is 0 Å². The maximum absolute atomic E-state index is 13.4. The molecule has 0 bridgehead atoms. The van der Waals surface area contributed by atoms with Gasteiger partial charge in [-0.05, 0) is 25.1 Å². The molecule has 0 amide bonds. The average molecular weight is 431 g/mol. The van der Waals surface area contributed by atoms with Crippen LogP contribution >= 0.6 is 11.6 Å². The van der Waals surface area contributed by atoms with Gasteiger partial charge in [0.15, 0.2) is 0 Å². The normalized spacial score (nSPS) is 19.7. The van der Waals surface area contributed by atoms with Crippen LogP contribution in [0.4, 0.5) is 13.2 Å². The largest absolute Gasteiger partial charge is 0.417 e. The number of nitrogens with zero attached hydrogens (tertiary/aromatic N) is 3. The Labute approximate surface area is 165 Å². The molecule has 0 aliphatic carbocycles. The average Bonchev–Trinajstić information content (AvgIpc) is 2.98. The molecule has 1 aliphatic rings. The summed E-state index contributed by atoms with van der Waals surface area (Å²) in [6.07, 6.45) is -1.25. The van der Waals surface area contributed by atoms with Gasteiger partial charge in [0.25, 0.3) is 0 Å². The Balaban J connectivity index is 2.09. The highest BCUT2D eigenvalue weighted by molar-refractivity contribution is 7.86. The topological polar surface area (TPSA) is 59.4 Å². The van der Waals surface area contributed by atoms with E-state index in [1.54, 1.807) is 12.1 Å². The number of aromatic nitrogens is 1. The van der Waals surface area contributed by atoms with E-state index in [0.29, 0.717) is 6.20 Å². The fourth-order valence-corrected chi connectivity index (χ4v) is 4.80. The molecule has 28 heavy (non-hydrogen) atoms. The molecule has 1 aromatic carbocycles. The number of benzene rings is 1. The van der Waals surface area contributed by atoms with Crippen molar-refractivity contribution in [3.05, 3.63) is 70.8 Å². The number of aryl methyl sites for hydroxylation is 1. The van der Waals surface area contributed by atoms with Crippen LogP contribution in [0.15, 0.2) is 58.8 Å². The van der Waals surface area contributed by atoms with Crippen molar-refractivity contribution < 1.29 is 25.5 Å². The molecular formula is C18H16ClF3N3O2S+. The standard InChI is InChI=1S/C18H16ClF3N3O2S/c1-12-3-5-15(6-4-12)28(26,27)25(8-7-23-13(25)2)11-17-16(19)9-14(10-24-17)18(20,21)22/h3-10H,11H2,1-2H3/q+1. The Kier molecular flexibility index (Phi) is 5.11. The van der Waals surface area contributed by atoms with Gasteiger partial charge in [-0.2, -0.15) is 21.6 Å². The molecule has 0 radical (unpaired) electrons. The molecule has 5 nitrogen and oxygen atoms in total. The van der Waals surface area contributed by atoms with Crippen molar-refractivity contribution in [3.63, 3.8) is 0 Å². The second-order valence-corrected chi connectivity index (χ2v) is 8.85. The molecule has 0 saturated carbocycles. The van der Waals surface area contributed by atoms with Gasteiger partial charge in [-0.3, -0.25) is 4.98 Å². The lowest BCUT2D eigenvalue weighted by atomic mass is 10.2. The number of aliphatic imine (C=N–C) groups is 1. The van der Waals surface area contributed by atoms with Gasteiger partial charge in [-0.1, -0.05) is 29.3 Å². The smallest absolute Gasteiger partial charge is 0.253 e. The predicted molar refractivity (Wildman–Crippen MR) is 98.8 cm³/mol. The Hall–Kier alpha value is -2.23. The molecule has 0 N–H and O–H groups in total. The summed E-state index contributed by atoms with van der Waals surface area (Å²) in [7, 11) is -4.02. The van der Waals surface area contributed by atoms with Crippen LogP contribution in [-0.4, -0.2) is 23.1 Å². The number of rotatable bonds is 4. The Morgan fingerprint density at radius 1 is 1.14 bits per heavy atom. The number of amidine groups is 1. The molecule has 0 spiro atoms. The van der Waals surface area contributed by atoms with Crippen LogP contribution in [0, 0.1) is 6.92 Å². The number of quaternary nitrogens is 1. The number of halogens is 4. The Morgan fingerprint density at radius 3 is 2.29 bits per heavy atom. The van der Waals surface area contributed by atoms with Crippen molar-refractivity contribution in [2.45, 2.75) is 31.5 Å². The van der Waals surface area contributed by atoms with Gasteiger partial charge in [0, 0.05) is 13.1 Å². The van der Waals surface area contributed by atoms with E-state index in [4.69, 9.17) is 11.6 Å². The second-order valence-electron chi connectivity index (χ2n) is 6.37. The molecule has 0 saturated heterocycles. The highest BCUT2D eigenvalue weighted by Gasteiger charge is 2.48. The first kappa shape index (κ1) is 20.5. The van der Waals surface area contributed by atoms with Crippen LogP contribution in [0.1, 0.15) is 23.7 Å². The van der Waals surface area contributed by atoms with Crippen molar-refractivity contribution in [1.82, 2.24) is 4.98 Å². The zero-order chi connectivity index (χ0) is 20.7. The zero-order valence-electron chi connectivity index (χ0n) is 14.9. The molecule has 148 valence electrons. The maximum atomic E-state index is 13.4. The third-order valence-electron chi connectivity index (χ3n) is 4.49. The molecule has 1 aromatic heterocycles. The first-order valence-corrected chi connectivity index (χ1v) is 9.93. The second kappa shape index (κ2) is 6.98. The molecule has 3 rings (SSSR count). The lowest BCUT2D eigenvalue weighted by Gasteiger charge is -2.29. The lowest BCUT2D eigenvalue weighted by molar-refractivity contribution is -0.664. The summed E-state index contributed by atoms with van der Waals surface area (Å²) in [6, 6.07) is 7.03. The molecule has 2 aromatic rings. The van der Waals surface area contributed by atoms with E-state index in [9.17, 15) is 21.6 Å². The highest BCUT2D eigenvalue weighted by Crippen LogP contribution is 2.35. The SMILES string of the molecule is CC1=NC=C[N+]1(Cc1ncc(C(F)(F)F)cc1Cl)S(=O)(=O)c1ccc(C)cc1. The zero-order valence-corrected chi connectivity index (χ0v) is 16.5. The summed E-state index contributed by atoms with van der Waals surface area (Å²) in [5, 5.41) is -0.264. The van der Waals surface area contributed by atoms with E-state index in [1.807, 2.05) is 6.92 Å². The summed E-state index contributed by atoms with van der Waals surface area (Å²) < 4.78 is 64.7. The summed E-state index contributed by atoms with van der Waals surface area (Å²) in [6.45, 7) is 3.07. The third-order valence-corrected chi connectivity index (χ3v) is 7.06. The number of hydrogen-bond acceptors (Lipinski definition) is 4. The molecule has 1 unspecified atom stereocenters. The molecule has 10 heteroatoms. The van der Waals surface area contributed by atoms with Crippen LogP contribution in [0.2, 0.25) is 5.02 Å². The van der Waals surface area contributed by atoms with Crippen LogP contribution in [-0.2, 0) is 22.7 Å². The van der Waals surface area contributed by atoms with E-state index in [1.165, 1.54) is 31.5 Å². The third kappa shape index (κ3) is 3.45. The van der Waals surface area contributed by atoms with Crippen LogP contribution in [0.3, 0.4) is 0 Å². The van der Waals surface area contributed by atoms with Crippen molar-refractivity contribution in [2.24, 2.45) is 4.99 Å². The predicted octanol–water partition coefficient (Wildman–Crippen LogP) is 4.67. The van der Waals surface area contributed by atoms with E-state index in [-0.39, 0.29) is 28.0 Å². The summed E-state index contributed by atoms with van der Waals surface area (Å²) in [4.78, 5) is 7.91. The minimum absolute atomic E-state index is 0.0199. The minimum Gasteiger partial charge on any atom is -0.253 e. The number of hydrogen-bond donors (Lipinski definition) is 0. The van der Waals surface area contributed by atoms with Crippen LogP contribution in [0.5, 0.6) is 0 Å². The number of sulfonamides is 1. The van der Waals surface area contributed by atoms with Crippen molar-refractivity contribution >= 4 is 27.5 Å². The summed E-state index contributed by atoms with van der Waals surface area (Å²) in [5.41, 5.74) is -0.0942. The molecule has 1 atom stereocenters. The van der Waals surface area contributed by atoms with Gasteiger partial charge in [-0.15, -0.1) is 3.89 Å².